The lowest BCUT2D eigenvalue weighted by atomic mass is 9.87. The van der Waals surface area contributed by atoms with Crippen LogP contribution in [0.4, 0.5) is 20.4 Å². The highest BCUT2D eigenvalue weighted by molar-refractivity contribution is 5.90. The number of benzene rings is 1. The Hall–Kier alpha value is -3.66. The SMILES string of the molecule is CC1(C)CNc2nc(-c3nn(Cc4ccccc4F)c4ncc(F)cc34)nc(N3CC(O)C3)c21. The van der Waals surface area contributed by atoms with E-state index in [1.54, 1.807) is 22.9 Å². The molecule has 0 spiro atoms. The number of β-amino-alcohol motifs (C(OH)–C–C–N with tert-alkyl or cyclic N) is 1. The molecule has 1 saturated heterocycles. The summed E-state index contributed by atoms with van der Waals surface area (Å²) in [5.74, 6) is 0.901. The van der Waals surface area contributed by atoms with E-state index >= 15 is 0 Å². The van der Waals surface area contributed by atoms with E-state index in [-0.39, 0.29) is 17.8 Å². The molecule has 1 aromatic carbocycles. The van der Waals surface area contributed by atoms with Crippen LogP contribution in [-0.4, -0.2) is 55.6 Å². The van der Waals surface area contributed by atoms with E-state index in [0.717, 1.165) is 17.6 Å². The van der Waals surface area contributed by atoms with E-state index < -0.39 is 11.9 Å². The first-order valence-corrected chi connectivity index (χ1v) is 11.2. The Bertz CT molecular complexity index is 1430. The highest BCUT2D eigenvalue weighted by atomic mass is 19.1. The van der Waals surface area contributed by atoms with Crippen LogP contribution in [0.3, 0.4) is 0 Å². The van der Waals surface area contributed by atoms with Gasteiger partial charge in [0.05, 0.1) is 24.2 Å². The van der Waals surface area contributed by atoms with Crippen LogP contribution in [0.5, 0.6) is 0 Å². The molecular weight excluding hydrogens is 440 g/mol. The third-order valence-corrected chi connectivity index (χ3v) is 6.47. The summed E-state index contributed by atoms with van der Waals surface area (Å²) in [7, 11) is 0. The fourth-order valence-electron chi connectivity index (χ4n) is 4.65. The highest BCUT2D eigenvalue weighted by Crippen LogP contribution is 2.43. The van der Waals surface area contributed by atoms with Crippen molar-refractivity contribution in [2.45, 2.75) is 31.9 Å². The van der Waals surface area contributed by atoms with Crippen molar-refractivity contribution >= 4 is 22.7 Å². The second-order valence-electron chi connectivity index (χ2n) is 9.51. The Morgan fingerprint density at radius 1 is 1.18 bits per heavy atom. The molecule has 34 heavy (non-hydrogen) atoms. The molecule has 0 unspecified atom stereocenters. The maximum absolute atomic E-state index is 14.3. The van der Waals surface area contributed by atoms with Gasteiger partial charge >= 0.3 is 0 Å². The van der Waals surface area contributed by atoms with Crippen LogP contribution in [0.15, 0.2) is 36.5 Å². The third-order valence-electron chi connectivity index (χ3n) is 6.47. The molecule has 10 heteroatoms. The molecule has 5 heterocycles. The van der Waals surface area contributed by atoms with Gasteiger partial charge in [-0.2, -0.15) is 5.10 Å². The number of rotatable bonds is 4. The highest BCUT2D eigenvalue weighted by Gasteiger charge is 2.39. The number of hydrogen-bond donors (Lipinski definition) is 2. The summed E-state index contributed by atoms with van der Waals surface area (Å²) in [6, 6.07) is 7.80. The molecule has 0 atom stereocenters. The number of nitrogens with one attached hydrogen (secondary N) is 1. The minimum atomic E-state index is -0.509. The normalized spacial score (nSPS) is 17.0. The lowest BCUT2D eigenvalue weighted by molar-refractivity contribution is 0.141. The van der Waals surface area contributed by atoms with Crippen LogP contribution in [-0.2, 0) is 12.0 Å². The van der Waals surface area contributed by atoms with Crippen LogP contribution >= 0.6 is 0 Å². The van der Waals surface area contributed by atoms with Gasteiger partial charge in [-0.15, -0.1) is 0 Å². The van der Waals surface area contributed by atoms with Crippen molar-refractivity contribution in [3.8, 4) is 11.5 Å². The molecule has 0 bridgehead atoms. The molecular formula is C24H23F2N7O. The molecule has 1 fully saturated rings. The van der Waals surface area contributed by atoms with Crippen LogP contribution in [0.1, 0.15) is 25.0 Å². The van der Waals surface area contributed by atoms with Crippen LogP contribution in [0, 0.1) is 11.6 Å². The predicted molar refractivity (Wildman–Crippen MR) is 124 cm³/mol. The zero-order valence-electron chi connectivity index (χ0n) is 18.8. The Balaban J connectivity index is 1.52. The largest absolute Gasteiger partial charge is 0.389 e. The summed E-state index contributed by atoms with van der Waals surface area (Å²) >= 11 is 0. The fourth-order valence-corrected chi connectivity index (χ4v) is 4.65. The molecule has 2 aliphatic rings. The van der Waals surface area contributed by atoms with E-state index in [1.807, 2.05) is 4.90 Å². The second-order valence-corrected chi connectivity index (χ2v) is 9.51. The summed E-state index contributed by atoms with van der Waals surface area (Å²) in [5.41, 5.74) is 2.03. The standard InChI is InChI=1S/C24H23F2N7O/c1-24(2)12-28-20-18(24)23(32-10-15(34)11-32)30-21(29-20)19-16-7-14(25)8-27-22(16)33(31-19)9-13-5-3-4-6-17(13)26/h3-8,15,34H,9-12H2,1-2H3,(H,28,29,30). The lowest BCUT2D eigenvalue weighted by Gasteiger charge is -2.39. The van der Waals surface area contributed by atoms with Crippen LogP contribution in [0.25, 0.3) is 22.6 Å². The van der Waals surface area contributed by atoms with E-state index in [0.29, 0.717) is 53.6 Å². The van der Waals surface area contributed by atoms with Gasteiger partial charge in [0.15, 0.2) is 11.5 Å². The molecule has 0 saturated carbocycles. The van der Waals surface area contributed by atoms with Crippen LogP contribution < -0.4 is 10.2 Å². The van der Waals surface area contributed by atoms with Gasteiger partial charge in [0.2, 0.25) is 0 Å². The van der Waals surface area contributed by atoms with Crippen molar-refractivity contribution in [1.29, 1.82) is 0 Å². The maximum Gasteiger partial charge on any atom is 0.184 e. The molecule has 174 valence electrons. The number of fused-ring (bicyclic) bond motifs is 2. The van der Waals surface area contributed by atoms with E-state index in [2.05, 4.69) is 29.2 Å². The number of hydrogen-bond acceptors (Lipinski definition) is 7. The average molecular weight is 463 g/mol. The number of halogens is 2. The minimum Gasteiger partial charge on any atom is -0.389 e. The number of nitrogens with zero attached hydrogens (tertiary/aromatic N) is 6. The average Bonchev–Trinajstić information content (AvgIpc) is 3.29. The first kappa shape index (κ1) is 20.9. The van der Waals surface area contributed by atoms with Crippen molar-refractivity contribution in [3.05, 3.63) is 59.3 Å². The van der Waals surface area contributed by atoms with Gasteiger partial charge in [0.1, 0.15) is 29.0 Å². The quantitative estimate of drug-likeness (QED) is 0.481. The molecule has 0 aliphatic carbocycles. The summed E-state index contributed by atoms with van der Waals surface area (Å²) in [6.07, 6.45) is 0.720. The summed E-state index contributed by atoms with van der Waals surface area (Å²) < 4.78 is 30.1. The van der Waals surface area contributed by atoms with Gasteiger partial charge in [-0.25, -0.2) is 28.4 Å². The zero-order valence-corrected chi connectivity index (χ0v) is 18.8. The minimum absolute atomic E-state index is 0.128. The monoisotopic (exact) mass is 463 g/mol. The van der Waals surface area contributed by atoms with Crippen molar-refractivity contribution in [3.63, 3.8) is 0 Å². The molecule has 2 N–H and O–H groups in total. The van der Waals surface area contributed by atoms with E-state index in [9.17, 15) is 13.9 Å². The Morgan fingerprint density at radius 3 is 2.74 bits per heavy atom. The van der Waals surface area contributed by atoms with Gasteiger partial charge in [0, 0.05) is 36.2 Å². The van der Waals surface area contributed by atoms with Gasteiger partial charge in [-0.1, -0.05) is 32.0 Å². The Morgan fingerprint density at radius 2 is 1.97 bits per heavy atom. The van der Waals surface area contributed by atoms with Crippen molar-refractivity contribution < 1.29 is 13.9 Å². The van der Waals surface area contributed by atoms with Gasteiger partial charge in [0.25, 0.3) is 0 Å². The first-order chi connectivity index (χ1) is 16.3. The third kappa shape index (κ3) is 3.28. The molecule has 6 rings (SSSR count). The molecule has 8 nitrogen and oxygen atoms in total. The topological polar surface area (TPSA) is 92.0 Å². The smallest absolute Gasteiger partial charge is 0.184 e. The Labute approximate surface area is 194 Å². The Kier molecular flexibility index (Phi) is 4.57. The van der Waals surface area contributed by atoms with Crippen LogP contribution in [0.2, 0.25) is 0 Å². The first-order valence-electron chi connectivity index (χ1n) is 11.2. The van der Waals surface area contributed by atoms with Gasteiger partial charge < -0.3 is 15.3 Å². The van der Waals surface area contributed by atoms with Gasteiger partial charge in [-0.05, 0) is 12.1 Å². The number of aliphatic hydroxyl groups is 1. The molecule has 2 aliphatic heterocycles. The van der Waals surface area contributed by atoms with E-state index in [1.165, 1.54) is 12.1 Å². The van der Waals surface area contributed by atoms with E-state index in [4.69, 9.17) is 9.97 Å². The maximum atomic E-state index is 14.3. The van der Waals surface area contributed by atoms with Crippen molar-refractivity contribution in [2.24, 2.45) is 0 Å². The van der Waals surface area contributed by atoms with Gasteiger partial charge in [-0.3, -0.25) is 0 Å². The molecule has 0 radical (unpaired) electrons. The van der Waals surface area contributed by atoms with Crippen molar-refractivity contribution in [2.75, 3.05) is 29.9 Å². The summed E-state index contributed by atoms with van der Waals surface area (Å²) in [6.45, 7) is 6.03. The molecule has 4 aromatic rings. The number of pyridine rings is 1. The predicted octanol–water partition coefficient (Wildman–Crippen LogP) is 3.10. The summed E-state index contributed by atoms with van der Waals surface area (Å²) in [5, 5.41) is 18.3. The zero-order chi connectivity index (χ0) is 23.6. The fraction of sp³-hybridized carbons (Fsp3) is 0.333. The number of aliphatic hydroxyl groups excluding tert-OH is 1. The number of anilines is 2. The summed E-state index contributed by atoms with van der Waals surface area (Å²) in [4.78, 5) is 15.8. The molecule has 3 aromatic heterocycles. The number of aromatic nitrogens is 5. The van der Waals surface area contributed by atoms with Crippen molar-refractivity contribution in [1.82, 2.24) is 24.7 Å². The molecule has 0 amide bonds. The second kappa shape index (κ2) is 7.42. The lowest BCUT2D eigenvalue weighted by Crippen LogP contribution is -2.52.